The number of aryl methyl sites for hydroxylation is 1. The Hall–Kier alpha value is -1.47. The Labute approximate surface area is 132 Å². The minimum Gasteiger partial charge on any atom is -0.361 e. The molecule has 0 saturated carbocycles. The second-order valence-electron chi connectivity index (χ2n) is 4.10. The van der Waals surface area contributed by atoms with Gasteiger partial charge in [0.25, 0.3) is 5.69 Å². The predicted molar refractivity (Wildman–Crippen MR) is 87.1 cm³/mol. The average molecular weight is 358 g/mol. The predicted octanol–water partition coefficient (Wildman–Crippen LogP) is 3.85. The number of nitro groups is 1. The van der Waals surface area contributed by atoms with Gasteiger partial charge in [-0.2, -0.15) is 0 Å². The Morgan fingerprint density at radius 3 is 2.60 bits per heavy atom. The molecule has 0 amide bonds. The number of benzene rings is 1. The van der Waals surface area contributed by atoms with E-state index < -0.39 is 0 Å². The fourth-order valence-corrected chi connectivity index (χ4v) is 2.47. The number of non-ortho nitro benzene ring substituents is 1. The van der Waals surface area contributed by atoms with Crippen LogP contribution in [0.5, 0.6) is 0 Å². The van der Waals surface area contributed by atoms with Crippen LogP contribution in [0.15, 0.2) is 29.6 Å². The van der Waals surface area contributed by atoms with E-state index in [9.17, 15) is 10.1 Å². The number of rotatable bonds is 6. The molecular weight excluding hydrogens is 342 g/mol. The standard InChI is InChI=1S/C13H15N3O2S.BrH/c1-2-11-9-19-13(15-11)14-8-7-10-3-5-12(6-4-10)16(17)18;/h3-6,9H,2,7-8H2,1H3,(H,14,15);1H. The van der Waals surface area contributed by atoms with E-state index in [1.807, 2.05) is 5.38 Å². The van der Waals surface area contributed by atoms with Gasteiger partial charge in [0.15, 0.2) is 5.13 Å². The normalized spacial score (nSPS) is 9.85. The molecule has 20 heavy (non-hydrogen) atoms. The molecule has 0 atom stereocenters. The highest BCUT2D eigenvalue weighted by atomic mass is 79.9. The van der Waals surface area contributed by atoms with Gasteiger partial charge in [-0.15, -0.1) is 28.3 Å². The first-order valence-electron chi connectivity index (χ1n) is 6.10. The summed E-state index contributed by atoms with van der Waals surface area (Å²) in [5.74, 6) is 0. The Morgan fingerprint density at radius 1 is 1.35 bits per heavy atom. The number of hydrogen-bond acceptors (Lipinski definition) is 5. The van der Waals surface area contributed by atoms with Gasteiger partial charge < -0.3 is 5.32 Å². The molecule has 1 N–H and O–H groups in total. The molecule has 1 aromatic carbocycles. The van der Waals surface area contributed by atoms with Gasteiger partial charge in [0.1, 0.15) is 0 Å². The summed E-state index contributed by atoms with van der Waals surface area (Å²) in [6, 6.07) is 6.65. The number of anilines is 1. The zero-order chi connectivity index (χ0) is 13.7. The number of hydrogen-bond donors (Lipinski definition) is 1. The van der Waals surface area contributed by atoms with Crippen molar-refractivity contribution in [3.05, 3.63) is 51.0 Å². The zero-order valence-corrected chi connectivity index (χ0v) is 13.6. The van der Waals surface area contributed by atoms with Crippen molar-refractivity contribution in [3.63, 3.8) is 0 Å². The molecule has 0 aliphatic heterocycles. The van der Waals surface area contributed by atoms with Gasteiger partial charge in [-0.1, -0.05) is 19.1 Å². The minimum absolute atomic E-state index is 0. The second-order valence-corrected chi connectivity index (χ2v) is 4.96. The van der Waals surface area contributed by atoms with E-state index in [-0.39, 0.29) is 27.6 Å². The van der Waals surface area contributed by atoms with E-state index in [2.05, 4.69) is 17.2 Å². The van der Waals surface area contributed by atoms with Crippen molar-refractivity contribution < 1.29 is 4.92 Å². The van der Waals surface area contributed by atoms with E-state index in [1.54, 1.807) is 23.5 Å². The molecule has 0 unspecified atom stereocenters. The monoisotopic (exact) mass is 357 g/mol. The second kappa shape index (κ2) is 7.96. The van der Waals surface area contributed by atoms with Gasteiger partial charge in [-0.05, 0) is 18.4 Å². The summed E-state index contributed by atoms with van der Waals surface area (Å²) in [6.07, 6.45) is 1.76. The first kappa shape index (κ1) is 16.6. The minimum atomic E-state index is -0.385. The summed E-state index contributed by atoms with van der Waals surface area (Å²) in [4.78, 5) is 14.6. The van der Waals surface area contributed by atoms with Crippen LogP contribution < -0.4 is 5.32 Å². The molecule has 0 spiro atoms. The Balaban J connectivity index is 0.00000200. The SMILES string of the molecule is Br.CCc1csc(NCCc2ccc([N+](=O)[O-])cc2)n1. The maximum Gasteiger partial charge on any atom is 0.269 e. The van der Waals surface area contributed by atoms with E-state index >= 15 is 0 Å². The molecule has 108 valence electrons. The molecule has 7 heteroatoms. The highest BCUT2D eigenvalue weighted by molar-refractivity contribution is 8.93. The van der Waals surface area contributed by atoms with Crippen LogP contribution in [-0.4, -0.2) is 16.5 Å². The third-order valence-corrected chi connectivity index (χ3v) is 3.60. The lowest BCUT2D eigenvalue weighted by molar-refractivity contribution is -0.384. The maximum absolute atomic E-state index is 10.5. The van der Waals surface area contributed by atoms with Gasteiger partial charge in [0.05, 0.1) is 10.6 Å². The molecule has 0 bridgehead atoms. The molecule has 0 aliphatic rings. The molecule has 1 heterocycles. The summed E-state index contributed by atoms with van der Waals surface area (Å²) >= 11 is 1.60. The number of nitrogens with zero attached hydrogens (tertiary/aromatic N) is 2. The maximum atomic E-state index is 10.5. The van der Waals surface area contributed by atoms with Gasteiger partial charge in [-0.3, -0.25) is 10.1 Å². The zero-order valence-electron chi connectivity index (χ0n) is 11.0. The third-order valence-electron chi connectivity index (χ3n) is 2.75. The largest absolute Gasteiger partial charge is 0.361 e. The lowest BCUT2D eigenvalue weighted by atomic mass is 10.1. The first-order chi connectivity index (χ1) is 9.19. The summed E-state index contributed by atoms with van der Waals surface area (Å²) < 4.78 is 0. The quantitative estimate of drug-likeness (QED) is 0.629. The van der Waals surface area contributed by atoms with Crippen molar-refractivity contribution in [2.45, 2.75) is 19.8 Å². The Kier molecular flexibility index (Phi) is 6.60. The number of halogens is 1. The van der Waals surface area contributed by atoms with Gasteiger partial charge in [-0.25, -0.2) is 4.98 Å². The lowest BCUT2D eigenvalue weighted by Gasteiger charge is -2.02. The van der Waals surface area contributed by atoms with E-state index in [4.69, 9.17) is 0 Å². The van der Waals surface area contributed by atoms with Crippen LogP contribution in [0, 0.1) is 10.1 Å². The van der Waals surface area contributed by atoms with Gasteiger partial charge in [0, 0.05) is 24.1 Å². The molecule has 0 aliphatic carbocycles. The number of nitrogens with one attached hydrogen (secondary N) is 1. The fraction of sp³-hybridized carbons (Fsp3) is 0.308. The molecule has 0 saturated heterocycles. The van der Waals surface area contributed by atoms with Crippen LogP contribution in [0.25, 0.3) is 0 Å². The van der Waals surface area contributed by atoms with E-state index in [0.717, 1.165) is 35.8 Å². The van der Waals surface area contributed by atoms with Crippen molar-refractivity contribution in [3.8, 4) is 0 Å². The van der Waals surface area contributed by atoms with Crippen molar-refractivity contribution in [2.75, 3.05) is 11.9 Å². The van der Waals surface area contributed by atoms with Gasteiger partial charge >= 0.3 is 0 Å². The van der Waals surface area contributed by atoms with Crippen LogP contribution in [0.1, 0.15) is 18.2 Å². The number of nitro benzene ring substituents is 1. The van der Waals surface area contributed by atoms with Crippen molar-refractivity contribution in [2.24, 2.45) is 0 Å². The first-order valence-corrected chi connectivity index (χ1v) is 6.98. The molecule has 0 fully saturated rings. The fourth-order valence-electron chi connectivity index (χ4n) is 1.65. The summed E-state index contributed by atoms with van der Waals surface area (Å²) in [5, 5.41) is 16.8. The van der Waals surface area contributed by atoms with Crippen molar-refractivity contribution in [1.82, 2.24) is 4.98 Å². The molecule has 5 nitrogen and oxygen atoms in total. The van der Waals surface area contributed by atoms with E-state index in [1.165, 1.54) is 12.1 Å². The topological polar surface area (TPSA) is 68.1 Å². The highest BCUT2D eigenvalue weighted by Gasteiger charge is 2.04. The van der Waals surface area contributed by atoms with Gasteiger partial charge in [0.2, 0.25) is 0 Å². The van der Waals surface area contributed by atoms with Crippen LogP contribution in [0.4, 0.5) is 10.8 Å². The molecule has 1 aromatic heterocycles. The highest BCUT2D eigenvalue weighted by Crippen LogP contribution is 2.16. The van der Waals surface area contributed by atoms with E-state index in [0.29, 0.717) is 0 Å². The number of aromatic nitrogens is 1. The Bertz CT molecular complexity index is 557. The van der Waals surface area contributed by atoms with Crippen molar-refractivity contribution >= 4 is 39.1 Å². The van der Waals surface area contributed by atoms with Crippen molar-refractivity contribution in [1.29, 1.82) is 0 Å². The van der Waals surface area contributed by atoms with Crippen LogP contribution in [0.2, 0.25) is 0 Å². The lowest BCUT2D eigenvalue weighted by Crippen LogP contribution is -2.04. The summed E-state index contributed by atoms with van der Waals surface area (Å²) in [5.41, 5.74) is 2.30. The van der Waals surface area contributed by atoms with Crippen LogP contribution in [0.3, 0.4) is 0 Å². The summed E-state index contributed by atoms with van der Waals surface area (Å²) in [6.45, 7) is 2.85. The molecule has 2 aromatic rings. The average Bonchev–Trinajstić information content (AvgIpc) is 2.87. The third kappa shape index (κ3) is 4.57. The van der Waals surface area contributed by atoms with Crippen LogP contribution in [-0.2, 0) is 12.8 Å². The number of thiazole rings is 1. The molecule has 2 rings (SSSR count). The molecular formula is C13H16BrN3O2S. The Morgan fingerprint density at radius 2 is 2.05 bits per heavy atom. The molecule has 0 radical (unpaired) electrons. The summed E-state index contributed by atoms with van der Waals surface area (Å²) in [7, 11) is 0. The smallest absolute Gasteiger partial charge is 0.269 e. The van der Waals surface area contributed by atoms with Crippen LogP contribution >= 0.6 is 28.3 Å².